The van der Waals surface area contributed by atoms with E-state index >= 15 is 0 Å². The topological polar surface area (TPSA) is 8.17 Å². The summed E-state index contributed by atoms with van der Waals surface area (Å²) in [5.74, 6) is 0. The molecule has 1 aromatic heterocycles. The molecule has 0 amide bonds. The lowest BCUT2D eigenvalue weighted by atomic mass is 9.43. The molecule has 0 fully saturated rings. The van der Waals surface area contributed by atoms with Crippen LogP contribution in [0.3, 0.4) is 0 Å². The zero-order valence-electron chi connectivity index (χ0n) is 32.6. The lowest BCUT2D eigenvalue weighted by Gasteiger charge is -2.42. The van der Waals surface area contributed by atoms with Crippen LogP contribution in [0.4, 0.5) is 11.4 Å². The number of nitrogens with zero attached hydrogens (tertiary/aromatic N) is 2. The lowest BCUT2D eigenvalue weighted by molar-refractivity contribution is 0.590. The fourth-order valence-corrected chi connectivity index (χ4v) is 10.2. The van der Waals surface area contributed by atoms with Gasteiger partial charge in [0.2, 0.25) is 0 Å². The van der Waals surface area contributed by atoms with Crippen LogP contribution in [0.1, 0.15) is 77.6 Å². The first-order chi connectivity index (χ1) is 25.8. The minimum atomic E-state index is -0.0706. The van der Waals surface area contributed by atoms with Gasteiger partial charge in [-0.25, -0.2) is 0 Å². The van der Waals surface area contributed by atoms with Gasteiger partial charge in [-0.2, -0.15) is 0 Å². The zero-order chi connectivity index (χ0) is 37.1. The van der Waals surface area contributed by atoms with E-state index in [0.717, 1.165) is 0 Å². The van der Waals surface area contributed by atoms with Gasteiger partial charge in [0.25, 0.3) is 0 Å². The predicted molar refractivity (Wildman–Crippen MR) is 232 cm³/mol. The van der Waals surface area contributed by atoms with Gasteiger partial charge in [-0.1, -0.05) is 146 Å². The smallest absolute Gasteiger partial charge is 0.333 e. The van der Waals surface area contributed by atoms with Crippen LogP contribution in [0.5, 0.6) is 0 Å². The molecule has 54 heavy (non-hydrogen) atoms. The molecule has 0 saturated carbocycles. The maximum Gasteiger partial charge on any atom is 0.333 e. The van der Waals surface area contributed by atoms with E-state index in [1.54, 1.807) is 0 Å². The van der Waals surface area contributed by atoms with Gasteiger partial charge >= 0.3 is 6.85 Å². The molecular formula is C51H45BN2. The quantitative estimate of drug-likeness (QED) is 0.155. The van der Waals surface area contributed by atoms with Crippen molar-refractivity contribution in [2.24, 2.45) is 0 Å². The van der Waals surface area contributed by atoms with Gasteiger partial charge in [-0.05, 0) is 108 Å². The van der Waals surface area contributed by atoms with Gasteiger partial charge < -0.3 is 9.38 Å². The van der Waals surface area contributed by atoms with E-state index in [1.165, 1.54) is 105 Å². The van der Waals surface area contributed by atoms with Crippen molar-refractivity contribution in [1.29, 1.82) is 0 Å². The van der Waals surface area contributed by atoms with Crippen molar-refractivity contribution in [3.63, 3.8) is 0 Å². The first-order valence-electron chi connectivity index (χ1n) is 19.6. The molecule has 1 aliphatic carbocycles. The number of benzene rings is 7. The van der Waals surface area contributed by atoms with Gasteiger partial charge in [0.05, 0.1) is 11.0 Å². The molecule has 8 aromatic rings. The minimum Gasteiger partial charge on any atom is -0.376 e. The summed E-state index contributed by atoms with van der Waals surface area (Å²) in [6.45, 7) is 18.7. The Morgan fingerprint density at radius 2 is 1.24 bits per heavy atom. The van der Waals surface area contributed by atoms with Crippen molar-refractivity contribution in [2.75, 3.05) is 4.81 Å². The molecule has 0 saturated heterocycles. The molecule has 0 unspecified atom stereocenters. The van der Waals surface area contributed by atoms with Crippen molar-refractivity contribution in [3.05, 3.63) is 150 Å². The van der Waals surface area contributed by atoms with Crippen LogP contribution in [-0.4, -0.2) is 11.4 Å². The van der Waals surface area contributed by atoms with Gasteiger partial charge in [0, 0.05) is 38.8 Å². The third-order valence-corrected chi connectivity index (χ3v) is 13.1. The molecule has 3 heterocycles. The Morgan fingerprint density at radius 3 is 2.02 bits per heavy atom. The second-order valence-corrected chi connectivity index (χ2v) is 18.6. The molecule has 11 rings (SSSR count). The van der Waals surface area contributed by atoms with E-state index in [0.29, 0.717) is 0 Å². The summed E-state index contributed by atoms with van der Waals surface area (Å²) < 4.78 is 2.63. The molecule has 2 nitrogen and oxygen atoms in total. The number of rotatable bonds is 1. The Morgan fingerprint density at radius 1 is 0.537 bits per heavy atom. The number of hydrogen-bond donors (Lipinski definition) is 0. The monoisotopic (exact) mass is 696 g/mol. The third-order valence-electron chi connectivity index (χ3n) is 13.1. The molecule has 0 spiro atoms. The third kappa shape index (κ3) is 4.08. The van der Waals surface area contributed by atoms with Gasteiger partial charge in [0.15, 0.2) is 0 Å². The first-order valence-corrected chi connectivity index (χ1v) is 19.6. The molecule has 3 aliphatic rings. The van der Waals surface area contributed by atoms with E-state index in [4.69, 9.17) is 0 Å². The predicted octanol–water partition coefficient (Wildman–Crippen LogP) is 12.1. The highest BCUT2D eigenvalue weighted by atomic mass is 15.1. The maximum atomic E-state index is 2.67. The van der Waals surface area contributed by atoms with E-state index in [9.17, 15) is 0 Å². The molecule has 0 atom stereocenters. The summed E-state index contributed by atoms with van der Waals surface area (Å²) in [4.78, 5) is 2.67. The normalized spacial score (nSPS) is 15.1. The first kappa shape index (κ1) is 31.9. The van der Waals surface area contributed by atoms with Crippen molar-refractivity contribution in [1.82, 2.24) is 4.57 Å². The lowest BCUT2D eigenvalue weighted by Crippen LogP contribution is -2.60. The van der Waals surface area contributed by atoms with Crippen molar-refractivity contribution >= 4 is 61.7 Å². The average molecular weight is 697 g/mol. The molecule has 0 N–H and O–H groups in total. The second kappa shape index (κ2) is 10.4. The molecule has 2 aliphatic heterocycles. The summed E-state index contributed by atoms with van der Waals surface area (Å²) in [7, 11) is 0. The minimum absolute atomic E-state index is 0.000973. The fourth-order valence-electron chi connectivity index (χ4n) is 10.2. The molecule has 7 aromatic carbocycles. The Hall–Kier alpha value is -5.54. The van der Waals surface area contributed by atoms with E-state index in [1.807, 2.05) is 0 Å². The second-order valence-electron chi connectivity index (χ2n) is 18.6. The van der Waals surface area contributed by atoms with E-state index in [2.05, 4.69) is 192 Å². The highest BCUT2D eigenvalue weighted by Crippen LogP contribution is 2.52. The van der Waals surface area contributed by atoms with Crippen LogP contribution >= 0.6 is 0 Å². The van der Waals surface area contributed by atoms with E-state index in [-0.39, 0.29) is 23.1 Å². The zero-order valence-corrected chi connectivity index (χ0v) is 32.6. The maximum absolute atomic E-state index is 2.67. The fraction of sp³-hybridized carbons (Fsp3) is 0.216. The summed E-state index contributed by atoms with van der Waals surface area (Å²) in [5.41, 5.74) is 20.1. The van der Waals surface area contributed by atoms with Gasteiger partial charge in [-0.3, -0.25) is 0 Å². The van der Waals surface area contributed by atoms with Crippen LogP contribution in [-0.2, 0) is 16.2 Å². The Labute approximate surface area is 319 Å². The van der Waals surface area contributed by atoms with Crippen molar-refractivity contribution in [2.45, 2.75) is 71.6 Å². The standard InChI is InChI=1S/C51H45BN2/c1-49(2,3)31-18-21-33(22-19-31)54-44-25-17-30-13-9-10-14-34(30)46(44)37-24-23-36-39-28-41-38(35-15-11-12-16-40(35)51(41,7)8)29-45(39)53-43-26-20-32(50(4,5)6)27-42(43)52(54)47(37)48(36)53/h9-29H,1-8H3. The largest absolute Gasteiger partial charge is 0.376 e. The molecular weight excluding hydrogens is 651 g/mol. The van der Waals surface area contributed by atoms with E-state index < -0.39 is 0 Å². The van der Waals surface area contributed by atoms with Gasteiger partial charge in [-0.15, -0.1) is 0 Å². The van der Waals surface area contributed by atoms with Crippen LogP contribution < -0.4 is 15.7 Å². The molecule has 3 heteroatoms. The Balaban J connectivity index is 1.31. The highest BCUT2D eigenvalue weighted by Gasteiger charge is 2.45. The van der Waals surface area contributed by atoms with Gasteiger partial charge in [0.1, 0.15) is 0 Å². The van der Waals surface area contributed by atoms with Crippen LogP contribution in [0.2, 0.25) is 0 Å². The van der Waals surface area contributed by atoms with Crippen LogP contribution in [0, 0.1) is 0 Å². The molecule has 0 bridgehead atoms. The molecule has 262 valence electrons. The summed E-state index contributed by atoms with van der Waals surface area (Å²) in [6.07, 6.45) is 0. The SMILES string of the molecule is CC(C)(C)c1ccc(N2B3c4cc(C(C)(C)C)ccc4-n4c5cc6c(cc5c5ccc(c3c54)-c3c2ccc2ccccc32)C(C)(C)c2ccccc2-6)cc1. The highest BCUT2D eigenvalue weighted by molar-refractivity contribution is 6.93. The van der Waals surface area contributed by atoms with Crippen molar-refractivity contribution < 1.29 is 0 Å². The van der Waals surface area contributed by atoms with Crippen LogP contribution in [0.25, 0.3) is 60.5 Å². The number of anilines is 2. The average Bonchev–Trinajstić information content (AvgIpc) is 3.60. The summed E-state index contributed by atoms with van der Waals surface area (Å²) in [6, 6.07) is 49.4. The number of aromatic nitrogens is 1. The number of fused-ring (bicyclic) bond motifs is 13. The molecule has 0 radical (unpaired) electrons. The Bertz CT molecular complexity index is 2930. The number of hydrogen-bond acceptors (Lipinski definition) is 1. The Kier molecular flexibility index (Phi) is 6.13. The van der Waals surface area contributed by atoms with Crippen molar-refractivity contribution in [3.8, 4) is 27.9 Å². The summed E-state index contributed by atoms with van der Waals surface area (Å²) in [5, 5.41) is 5.24. The van der Waals surface area contributed by atoms with Crippen LogP contribution in [0.15, 0.2) is 127 Å². The summed E-state index contributed by atoms with van der Waals surface area (Å²) >= 11 is 0.